The van der Waals surface area contributed by atoms with Gasteiger partial charge in [0.05, 0.1) is 16.0 Å². The summed E-state index contributed by atoms with van der Waals surface area (Å²) in [7, 11) is 2.39. The topological polar surface area (TPSA) is 101 Å². The van der Waals surface area contributed by atoms with Gasteiger partial charge < -0.3 is 4.84 Å². The van der Waals surface area contributed by atoms with Crippen LogP contribution in [0.3, 0.4) is 0 Å². The molecule has 1 aliphatic heterocycles. The van der Waals surface area contributed by atoms with Gasteiger partial charge in [0, 0.05) is 32.6 Å². The summed E-state index contributed by atoms with van der Waals surface area (Å²) in [6.07, 6.45) is -4.87. The maximum Gasteiger partial charge on any atom is 0.431 e. The minimum absolute atomic E-state index is 0.0317. The van der Waals surface area contributed by atoms with E-state index in [9.17, 15) is 27.6 Å². The molecule has 0 amide bonds. The maximum absolute atomic E-state index is 13.0. The smallest absolute Gasteiger partial charge is 0.328 e. The molecule has 2 aromatic rings. The second-order valence-corrected chi connectivity index (χ2v) is 6.53. The lowest BCUT2D eigenvalue weighted by molar-refractivity contribution is -0.256. The number of nitrogens with zero attached hydrogens (tertiary/aromatic N) is 5. The van der Waals surface area contributed by atoms with Gasteiger partial charge in [-0.2, -0.15) is 18.7 Å². The maximum atomic E-state index is 13.0. The van der Waals surface area contributed by atoms with Crippen LogP contribution in [0.4, 0.5) is 13.2 Å². The first-order valence-corrected chi connectivity index (χ1v) is 8.56. The van der Waals surface area contributed by atoms with Crippen molar-refractivity contribution >= 4 is 23.4 Å². The molecule has 0 atom stereocenters. The fourth-order valence-corrected chi connectivity index (χ4v) is 2.91. The van der Waals surface area contributed by atoms with E-state index in [1.165, 1.54) is 37.2 Å². The molecule has 1 aromatic heterocycles. The summed E-state index contributed by atoms with van der Waals surface area (Å²) in [4.78, 5) is 40.8. The van der Waals surface area contributed by atoms with E-state index in [4.69, 9.17) is 16.4 Å². The van der Waals surface area contributed by atoms with Crippen molar-refractivity contribution in [2.24, 2.45) is 12.1 Å². The van der Waals surface area contributed by atoms with Gasteiger partial charge >= 0.3 is 17.8 Å². The van der Waals surface area contributed by atoms with Crippen molar-refractivity contribution in [2.45, 2.75) is 13.1 Å². The molecular weight excluding hydrogens is 433 g/mol. The number of alkyl halides is 3. The van der Waals surface area contributed by atoms with E-state index in [1.54, 1.807) is 0 Å². The Bertz CT molecular complexity index is 1170. The van der Waals surface area contributed by atoms with Gasteiger partial charge in [0.2, 0.25) is 0 Å². The quantitative estimate of drug-likeness (QED) is 0.751. The fraction of sp³-hybridized carbons (Fsp3) is 0.250. The zero-order valence-electron chi connectivity index (χ0n) is 15.7. The van der Waals surface area contributed by atoms with Crippen LogP contribution < -0.4 is 16.8 Å². The molecule has 10 nitrogen and oxygen atoms in total. The standard InChI is InChI=1S/C16H14ClF3N6O4/c1-8(27)30-26-22-21-14(24(26)3)10-6-9(4-5-11(10)17)25-13(28)7-12(16(18,19)20)23(2)15(25)29/h4-7,22H,1-3H3. The van der Waals surface area contributed by atoms with E-state index < -0.39 is 29.1 Å². The van der Waals surface area contributed by atoms with Gasteiger partial charge in [-0.05, 0) is 18.2 Å². The Morgan fingerprint density at radius 2 is 1.87 bits per heavy atom. The van der Waals surface area contributed by atoms with Gasteiger partial charge in [0.15, 0.2) is 5.84 Å². The van der Waals surface area contributed by atoms with Crippen molar-refractivity contribution in [1.82, 2.24) is 25.0 Å². The number of hydrogen-bond acceptors (Lipinski definition) is 8. The number of amidine groups is 1. The Hall–Kier alpha value is -3.32. The molecular formula is C16H14ClF3N6O4. The molecule has 0 bridgehead atoms. The monoisotopic (exact) mass is 446 g/mol. The molecule has 160 valence electrons. The normalized spacial score (nSPS) is 14.5. The van der Waals surface area contributed by atoms with Crippen LogP contribution in [0, 0.1) is 0 Å². The van der Waals surface area contributed by atoms with Gasteiger partial charge in [0.25, 0.3) is 5.56 Å². The van der Waals surface area contributed by atoms with E-state index in [0.29, 0.717) is 15.2 Å². The molecule has 14 heteroatoms. The number of carbonyl (C=O) groups excluding carboxylic acids is 1. The third-order valence-corrected chi connectivity index (χ3v) is 4.42. The number of aromatic nitrogens is 2. The lowest BCUT2D eigenvalue weighted by Gasteiger charge is -2.22. The largest absolute Gasteiger partial charge is 0.431 e. The zero-order valence-corrected chi connectivity index (χ0v) is 16.4. The predicted molar refractivity (Wildman–Crippen MR) is 98.3 cm³/mol. The van der Waals surface area contributed by atoms with Gasteiger partial charge in [-0.3, -0.25) is 14.2 Å². The first-order valence-electron chi connectivity index (χ1n) is 8.18. The van der Waals surface area contributed by atoms with E-state index >= 15 is 0 Å². The molecule has 30 heavy (non-hydrogen) atoms. The van der Waals surface area contributed by atoms with Crippen LogP contribution in [-0.2, 0) is 22.9 Å². The molecule has 0 saturated carbocycles. The highest BCUT2D eigenvalue weighted by Crippen LogP contribution is 2.27. The average molecular weight is 447 g/mol. The van der Waals surface area contributed by atoms with Gasteiger partial charge in [-0.25, -0.2) is 14.4 Å². The van der Waals surface area contributed by atoms with Crippen molar-refractivity contribution in [2.75, 3.05) is 7.05 Å². The molecule has 0 radical (unpaired) electrons. The molecule has 0 unspecified atom stereocenters. The number of hydrazine groups is 2. The summed E-state index contributed by atoms with van der Waals surface area (Å²) in [5.41, 5.74) is -1.13. The minimum Gasteiger partial charge on any atom is -0.328 e. The molecule has 3 rings (SSSR count). The molecule has 1 aliphatic rings. The summed E-state index contributed by atoms with van der Waals surface area (Å²) in [5.74, 6) is -0.481. The lowest BCUT2D eigenvalue weighted by atomic mass is 10.1. The van der Waals surface area contributed by atoms with E-state index in [1.807, 2.05) is 0 Å². The molecule has 1 aromatic carbocycles. The van der Waals surface area contributed by atoms with Gasteiger partial charge in [-0.15, -0.1) is 5.10 Å². The van der Waals surface area contributed by atoms with Crippen LogP contribution in [0.15, 0.2) is 39.0 Å². The van der Waals surface area contributed by atoms with Crippen molar-refractivity contribution in [3.8, 4) is 5.69 Å². The van der Waals surface area contributed by atoms with E-state index in [0.717, 1.165) is 12.3 Å². The van der Waals surface area contributed by atoms with Gasteiger partial charge in [0.1, 0.15) is 5.69 Å². The SMILES string of the molecule is CC(=O)ON1NN=C(c2cc(-n3c(=O)cc(C(F)(F)F)n(C)c3=O)ccc2Cl)N1C. The molecule has 0 saturated heterocycles. The molecule has 1 N–H and O–H groups in total. The van der Waals surface area contributed by atoms with Crippen LogP contribution in [0.25, 0.3) is 5.69 Å². The third-order valence-electron chi connectivity index (χ3n) is 4.10. The number of halogens is 4. The van der Waals surface area contributed by atoms with Crippen LogP contribution in [0.5, 0.6) is 0 Å². The van der Waals surface area contributed by atoms with Crippen molar-refractivity contribution in [1.29, 1.82) is 0 Å². The van der Waals surface area contributed by atoms with E-state index in [-0.39, 0.29) is 22.1 Å². The first kappa shape index (κ1) is 21.4. The minimum atomic E-state index is -4.87. The lowest BCUT2D eigenvalue weighted by Crippen LogP contribution is -2.44. The number of rotatable bonds is 3. The number of benzene rings is 1. The summed E-state index contributed by atoms with van der Waals surface area (Å²) in [6, 6.07) is 4.28. The summed E-state index contributed by atoms with van der Waals surface area (Å²) < 4.78 is 40.0. The Kier molecular flexibility index (Phi) is 5.34. The number of carbonyl (C=O) groups is 1. The second kappa shape index (κ2) is 7.50. The summed E-state index contributed by atoms with van der Waals surface area (Å²) in [6.45, 7) is 1.17. The molecule has 0 aliphatic carbocycles. The number of hydrazone groups is 1. The molecule has 2 heterocycles. The highest BCUT2D eigenvalue weighted by Gasteiger charge is 2.35. The zero-order chi connectivity index (χ0) is 22.4. The first-order chi connectivity index (χ1) is 13.9. The third kappa shape index (κ3) is 3.76. The Morgan fingerprint density at radius 1 is 1.20 bits per heavy atom. The average Bonchev–Trinajstić information content (AvgIpc) is 2.98. The van der Waals surface area contributed by atoms with Gasteiger partial charge in [-0.1, -0.05) is 11.6 Å². The predicted octanol–water partition coefficient (Wildman–Crippen LogP) is 1.02. The second-order valence-electron chi connectivity index (χ2n) is 6.12. The Balaban J connectivity index is 2.10. The Morgan fingerprint density at radius 3 is 2.47 bits per heavy atom. The van der Waals surface area contributed by atoms with Crippen LogP contribution in [0.2, 0.25) is 5.02 Å². The van der Waals surface area contributed by atoms with Crippen LogP contribution >= 0.6 is 11.6 Å². The molecule has 0 fully saturated rings. The van der Waals surface area contributed by atoms with Crippen molar-refractivity contribution < 1.29 is 22.8 Å². The number of hydrogen-bond donors (Lipinski definition) is 1. The highest BCUT2D eigenvalue weighted by atomic mass is 35.5. The van der Waals surface area contributed by atoms with Crippen molar-refractivity contribution in [3.63, 3.8) is 0 Å². The summed E-state index contributed by atoms with van der Waals surface area (Å²) >= 11 is 6.20. The summed E-state index contributed by atoms with van der Waals surface area (Å²) in [5, 5.41) is 6.31. The van der Waals surface area contributed by atoms with Crippen LogP contribution in [0.1, 0.15) is 18.2 Å². The Labute approximate surface area is 171 Å². The fourth-order valence-electron chi connectivity index (χ4n) is 2.71. The highest BCUT2D eigenvalue weighted by molar-refractivity contribution is 6.34. The van der Waals surface area contributed by atoms with Crippen LogP contribution in [-0.4, -0.2) is 38.3 Å². The van der Waals surface area contributed by atoms with E-state index in [2.05, 4.69) is 10.6 Å². The number of nitrogens with one attached hydrogen (secondary N) is 1. The van der Waals surface area contributed by atoms with Crippen molar-refractivity contribution in [3.05, 3.63) is 61.4 Å². The molecule has 0 spiro atoms.